The number of carbonyl (C=O) groups excluding carboxylic acids is 1. The second-order valence-electron chi connectivity index (χ2n) is 8.19. The number of nitrogens with zero attached hydrogens (tertiary/aromatic N) is 2. The number of nitrogens with one attached hydrogen (secondary N) is 1. The van der Waals surface area contributed by atoms with Crippen molar-refractivity contribution in [2.75, 3.05) is 40.3 Å². The Kier molecular flexibility index (Phi) is 13.2. The molecular weight excluding hydrogens is 512 g/mol. The molecular formula is C28H40BrF2N3O. The van der Waals surface area contributed by atoms with E-state index >= 15 is 0 Å². The fourth-order valence-corrected chi connectivity index (χ4v) is 4.42. The Morgan fingerprint density at radius 3 is 2.23 bits per heavy atom. The van der Waals surface area contributed by atoms with E-state index in [2.05, 4.69) is 52.1 Å². The fourth-order valence-electron chi connectivity index (χ4n) is 3.84. The number of carbonyl (C=O) groups is 1. The summed E-state index contributed by atoms with van der Waals surface area (Å²) in [5.41, 5.74) is 4.14. The number of rotatable bonds is 5. The molecule has 0 aliphatic carbocycles. The van der Waals surface area contributed by atoms with Crippen molar-refractivity contribution in [1.29, 1.82) is 0 Å². The molecule has 0 spiro atoms. The summed E-state index contributed by atoms with van der Waals surface area (Å²) in [6, 6.07) is 2.25. The summed E-state index contributed by atoms with van der Waals surface area (Å²) < 4.78 is 30.4. The third-order valence-electron chi connectivity index (χ3n) is 5.48. The zero-order valence-corrected chi connectivity index (χ0v) is 23.9. The molecule has 0 bridgehead atoms. The molecule has 1 N–H and O–H groups in total. The normalized spacial score (nSPS) is 16.1. The van der Waals surface area contributed by atoms with Crippen LogP contribution in [0.5, 0.6) is 0 Å². The molecule has 0 saturated heterocycles. The SMILES string of the molecule is CC.CC.CC1=C(/C=C(\C)CN2CC=C(c3c(F)cc(C(=O)N(C)C)cc3F)CC2)C(Br)=CCN1. The number of hydrogen-bond acceptors (Lipinski definition) is 3. The van der Waals surface area contributed by atoms with Crippen LogP contribution in [-0.2, 0) is 0 Å². The number of amides is 1. The van der Waals surface area contributed by atoms with Gasteiger partial charge in [0, 0.05) is 67.2 Å². The van der Waals surface area contributed by atoms with Gasteiger partial charge in [-0.1, -0.05) is 67.4 Å². The van der Waals surface area contributed by atoms with Crippen molar-refractivity contribution in [3.8, 4) is 0 Å². The average Bonchev–Trinajstić information content (AvgIpc) is 2.84. The van der Waals surface area contributed by atoms with Gasteiger partial charge < -0.3 is 10.2 Å². The number of hydrogen-bond donors (Lipinski definition) is 1. The van der Waals surface area contributed by atoms with Gasteiger partial charge in [0.15, 0.2) is 0 Å². The van der Waals surface area contributed by atoms with Gasteiger partial charge in [-0.3, -0.25) is 9.69 Å². The highest BCUT2D eigenvalue weighted by molar-refractivity contribution is 9.12. The van der Waals surface area contributed by atoms with E-state index in [-0.39, 0.29) is 11.1 Å². The first kappa shape index (κ1) is 30.8. The lowest BCUT2D eigenvalue weighted by atomic mass is 9.96. The monoisotopic (exact) mass is 551 g/mol. The lowest BCUT2D eigenvalue weighted by Crippen LogP contribution is -2.30. The molecule has 3 rings (SSSR count). The molecule has 2 heterocycles. The lowest BCUT2D eigenvalue weighted by Gasteiger charge is -2.27. The van der Waals surface area contributed by atoms with Gasteiger partial charge in [-0.05, 0) is 38.0 Å². The predicted molar refractivity (Wildman–Crippen MR) is 148 cm³/mol. The average molecular weight is 553 g/mol. The van der Waals surface area contributed by atoms with Crippen LogP contribution in [0.3, 0.4) is 0 Å². The van der Waals surface area contributed by atoms with E-state index in [1.165, 1.54) is 10.5 Å². The van der Waals surface area contributed by atoms with E-state index < -0.39 is 17.5 Å². The van der Waals surface area contributed by atoms with Crippen LogP contribution in [0.2, 0.25) is 0 Å². The minimum Gasteiger partial charge on any atom is -0.385 e. The van der Waals surface area contributed by atoms with E-state index in [4.69, 9.17) is 0 Å². The Bertz CT molecular complexity index is 986. The van der Waals surface area contributed by atoms with Gasteiger partial charge in [-0.2, -0.15) is 0 Å². The molecule has 0 unspecified atom stereocenters. The molecule has 0 atom stereocenters. The molecule has 0 saturated carbocycles. The summed E-state index contributed by atoms with van der Waals surface area (Å²) in [4.78, 5) is 15.6. The molecule has 35 heavy (non-hydrogen) atoms. The van der Waals surface area contributed by atoms with Gasteiger partial charge in [-0.15, -0.1) is 0 Å². The molecule has 4 nitrogen and oxygen atoms in total. The van der Waals surface area contributed by atoms with Crippen molar-refractivity contribution in [2.24, 2.45) is 0 Å². The first-order valence-electron chi connectivity index (χ1n) is 12.3. The minimum absolute atomic E-state index is 0.0181. The molecule has 0 radical (unpaired) electrons. The lowest BCUT2D eigenvalue weighted by molar-refractivity contribution is 0.0826. The van der Waals surface area contributed by atoms with E-state index in [0.29, 0.717) is 25.1 Å². The summed E-state index contributed by atoms with van der Waals surface area (Å²) >= 11 is 3.62. The van der Waals surface area contributed by atoms with Crippen LogP contribution in [0.15, 0.2) is 51.7 Å². The summed E-state index contributed by atoms with van der Waals surface area (Å²) in [5.74, 6) is -1.80. The maximum atomic E-state index is 14.7. The van der Waals surface area contributed by atoms with Gasteiger partial charge >= 0.3 is 0 Å². The van der Waals surface area contributed by atoms with Crippen LogP contribution >= 0.6 is 15.9 Å². The summed E-state index contributed by atoms with van der Waals surface area (Å²) in [7, 11) is 3.11. The Morgan fingerprint density at radius 1 is 1.14 bits per heavy atom. The maximum Gasteiger partial charge on any atom is 0.253 e. The van der Waals surface area contributed by atoms with E-state index in [1.807, 2.05) is 33.8 Å². The Balaban J connectivity index is 0.00000145. The molecule has 1 aromatic rings. The predicted octanol–water partition coefficient (Wildman–Crippen LogP) is 6.91. The highest BCUT2D eigenvalue weighted by Gasteiger charge is 2.22. The third-order valence-corrected chi connectivity index (χ3v) is 6.23. The second-order valence-corrected chi connectivity index (χ2v) is 9.05. The van der Waals surface area contributed by atoms with Crippen molar-refractivity contribution in [2.45, 2.75) is 48.0 Å². The Hall–Kier alpha value is -2.25. The molecule has 2 aliphatic heterocycles. The van der Waals surface area contributed by atoms with Crippen molar-refractivity contribution < 1.29 is 13.6 Å². The van der Waals surface area contributed by atoms with E-state index in [9.17, 15) is 13.6 Å². The molecule has 194 valence electrons. The highest BCUT2D eigenvalue weighted by Crippen LogP contribution is 2.29. The van der Waals surface area contributed by atoms with E-state index in [1.54, 1.807) is 14.1 Å². The van der Waals surface area contributed by atoms with E-state index in [0.717, 1.165) is 41.0 Å². The molecule has 1 aromatic carbocycles. The Morgan fingerprint density at radius 2 is 1.74 bits per heavy atom. The van der Waals surface area contributed by atoms with Crippen molar-refractivity contribution in [1.82, 2.24) is 15.1 Å². The standard InChI is InChI=1S/C24H28BrF2N3O.2C2H6/c1-15(11-19-16(2)28-8-5-20(19)25)14-30-9-6-17(7-10-30)23-21(26)12-18(13-22(23)27)24(31)29(3)4;2*1-2/h5-6,11-13,28H,7-10,14H2,1-4H3;2*1-2H3/b15-11+;;. The topological polar surface area (TPSA) is 35.6 Å². The molecule has 0 fully saturated rings. The second kappa shape index (κ2) is 15.0. The number of halogens is 3. The summed E-state index contributed by atoms with van der Waals surface area (Å²) in [6.45, 7) is 15.1. The van der Waals surface area contributed by atoms with Gasteiger partial charge in [0.1, 0.15) is 11.6 Å². The van der Waals surface area contributed by atoms with Crippen molar-refractivity contribution >= 4 is 27.4 Å². The first-order chi connectivity index (χ1) is 16.7. The number of benzene rings is 1. The molecule has 0 aromatic heterocycles. The van der Waals surface area contributed by atoms with Crippen LogP contribution in [-0.4, -0.2) is 56.0 Å². The van der Waals surface area contributed by atoms with Crippen LogP contribution in [0.1, 0.15) is 63.9 Å². The van der Waals surface area contributed by atoms with Crippen LogP contribution < -0.4 is 5.32 Å². The summed E-state index contributed by atoms with van der Waals surface area (Å²) in [5, 5.41) is 3.33. The van der Waals surface area contributed by atoms with Gasteiger partial charge in [0.2, 0.25) is 0 Å². The number of allylic oxidation sites excluding steroid dienone is 4. The van der Waals surface area contributed by atoms with Gasteiger partial charge in [-0.25, -0.2) is 8.78 Å². The van der Waals surface area contributed by atoms with Gasteiger partial charge in [0.05, 0.1) is 0 Å². The summed E-state index contributed by atoms with van der Waals surface area (Å²) in [6.07, 6.45) is 6.70. The van der Waals surface area contributed by atoms with Crippen LogP contribution in [0, 0.1) is 11.6 Å². The van der Waals surface area contributed by atoms with Crippen LogP contribution in [0.4, 0.5) is 8.78 Å². The smallest absolute Gasteiger partial charge is 0.253 e. The van der Waals surface area contributed by atoms with Crippen molar-refractivity contribution in [3.05, 3.63) is 74.4 Å². The van der Waals surface area contributed by atoms with Crippen molar-refractivity contribution in [3.63, 3.8) is 0 Å². The minimum atomic E-state index is -0.690. The zero-order chi connectivity index (χ0) is 26.7. The quantitative estimate of drug-likeness (QED) is 0.431. The zero-order valence-electron chi connectivity index (χ0n) is 22.4. The largest absolute Gasteiger partial charge is 0.385 e. The Labute approximate surface area is 218 Å². The fraction of sp³-hybridized carbons (Fsp3) is 0.464. The molecule has 1 amide bonds. The highest BCUT2D eigenvalue weighted by atomic mass is 79.9. The molecule has 7 heteroatoms. The number of dihydropyridines is 1. The molecule has 2 aliphatic rings. The van der Waals surface area contributed by atoms with Crippen LogP contribution in [0.25, 0.3) is 5.57 Å². The van der Waals surface area contributed by atoms with Gasteiger partial charge in [0.25, 0.3) is 5.91 Å². The third kappa shape index (κ3) is 8.43. The first-order valence-corrected chi connectivity index (χ1v) is 13.1. The maximum absolute atomic E-state index is 14.7.